The number of carboxylic acids is 1. The van der Waals surface area contributed by atoms with E-state index < -0.39 is 41.9 Å². The summed E-state index contributed by atoms with van der Waals surface area (Å²) in [5.74, 6) is -1.72. The van der Waals surface area contributed by atoms with Gasteiger partial charge in [-0.15, -0.1) is 0 Å². The van der Waals surface area contributed by atoms with Gasteiger partial charge < -0.3 is 30.1 Å². The maximum Gasteiger partial charge on any atom is 0.326 e. The van der Waals surface area contributed by atoms with Gasteiger partial charge in [-0.2, -0.15) is 5.26 Å². The minimum atomic E-state index is -1.29. The standard InChI is InChI=1S/C47H35Cl2N5O7/c48-37-18-29(24-51-43(37)49)26-60-36-16-14-32(15-17-36)42-45(56)52-38-20-34-21-40(54(25-35(34)22-41(38)61-42)46(57)33-4-2-1-3-5-33)44(55)53-39(47(58)59)19-27-6-10-30(11-7-27)31-12-8-28(23-50)9-13-31/h1-18,20,22,24,39-40,42H,19,21,25-26H2,(H,52,56)(H,53,55)(H,58,59)/t39-,40-,42?/m0/s1. The van der Waals surface area contributed by atoms with E-state index in [0.717, 1.165) is 16.7 Å². The number of pyridine rings is 1. The summed E-state index contributed by atoms with van der Waals surface area (Å²) in [4.78, 5) is 59.7. The van der Waals surface area contributed by atoms with Crippen molar-refractivity contribution < 1.29 is 33.8 Å². The second kappa shape index (κ2) is 17.6. The molecule has 1 unspecified atom stereocenters. The lowest BCUT2D eigenvalue weighted by Gasteiger charge is -2.37. The molecule has 0 aliphatic carbocycles. The quantitative estimate of drug-likeness (QED) is 0.109. The monoisotopic (exact) mass is 851 g/mol. The number of fused-ring (bicyclic) bond motifs is 2. The fraction of sp³-hybridized carbons (Fsp3) is 0.149. The van der Waals surface area contributed by atoms with Crippen LogP contribution in [0.15, 0.2) is 128 Å². The van der Waals surface area contributed by atoms with E-state index in [1.165, 1.54) is 4.90 Å². The van der Waals surface area contributed by atoms with Crippen molar-refractivity contribution in [2.45, 2.75) is 44.2 Å². The molecule has 0 spiro atoms. The normalized spacial score (nSPS) is 15.8. The number of rotatable bonds is 11. The maximum absolute atomic E-state index is 14.1. The van der Waals surface area contributed by atoms with Gasteiger partial charge in [0.1, 0.15) is 35.3 Å². The number of carbonyl (C=O) groups excluding carboxylic acids is 3. The Labute approximate surface area is 360 Å². The number of nitrogens with zero attached hydrogens (tertiary/aromatic N) is 3. The molecule has 61 heavy (non-hydrogen) atoms. The molecule has 1 aromatic heterocycles. The molecule has 2 aliphatic rings. The van der Waals surface area contributed by atoms with Crippen molar-refractivity contribution in [3.63, 3.8) is 0 Å². The van der Waals surface area contributed by atoms with Crippen LogP contribution in [0.1, 0.15) is 49.8 Å². The summed E-state index contributed by atoms with van der Waals surface area (Å²) < 4.78 is 12.1. The summed E-state index contributed by atoms with van der Waals surface area (Å²) >= 11 is 12.0. The molecule has 2 aliphatic heterocycles. The van der Waals surface area contributed by atoms with Gasteiger partial charge in [0.15, 0.2) is 0 Å². The lowest BCUT2D eigenvalue weighted by molar-refractivity contribution is -0.142. The van der Waals surface area contributed by atoms with Gasteiger partial charge in [0, 0.05) is 42.3 Å². The van der Waals surface area contributed by atoms with Gasteiger partial charge in [-0.25, -0.2) is 9.78 Å². The van der Waals surface area contributed by atoms with Crippen molar-refractivity contribution in [1.82, 2.24) is 15.2 Å². The van der Waals surface area contributed by atoms with Crippen LogP contribution in [0, 0.1) is 11.3 Å². The summed E-state index contributed by atoms with van der Waals surface area (Å²) in [5.41, 5.74) is 6.49. The highest BCUT2D eigenvalue weighted by Gasteiger charge is 2.39. The smallest absolute Gasteiger partial charge is 0.326 e. The first-order valence-electron chi connectivity index (χ1n) is 19.2. The van der Waals surface area contributed by atoms with Gasteiger partial charge in [-0.1, -0.05) is 89.9 Å². The second-order valence-corrected chi connectivity index (χ2v) is 15.4. The van der Waals surface area contributed by atoms with Gasteiger partial charge >= 0.3 is 5.97 Å². The molecule has 3 heterocycles. The molecule has 0 bridgehead atoms. The predicted molar refractivity (Wildman–Crippen MR) is 227 cm³/mol. The molecule has 304 valence electrons. The van der Waals surface area contributed by atoms with Crippen LogP contribution < -0.4 is 20.1 Å². The largest absolute Gasteiger partial charge is 0.489 e. The number of anilines is 1. The number of hydrogen-bond acceptors (Lipinski definition) is 8. The van der Waals surface area contributed by atoms with Crippen LogP contribution in [0.5, 0.6) is 11.5 Å². The fourth-order valence-electron chi connectivity index (χ4n) is 7.32. The number of nitrogens with one attached hydrogen (secondary N) is 2. The average Bonchev–Trinajstić information content (AvgIpc) is 3.28. The second-order valence-electron chi connectivity index (χ2n) is 14.6. The minimum Gasteiger partial charge on any atom is -0.489 e. The van der Waals surface area contributed by atoms with E-state index in [-0.39, 0.29) is 31.1 Å². The predicted octanol–water partition coefficient (Wildman–Crippen LogP) is 7.96. The van der Waals surface area contributed by atoms with Gasteiger partial charge in [0.2, 0.25) is 12.0 Å². The molecule has 8 rings (SSSR count). The Morgan fingerprint density at radius 1 is 0.918 bits per heavy atom. The van der Waals surface area contributed by atoms with Gasteiger partial charge in [0.05, 0.1) is 22.3 Å². The summed E-state index contributed by atoms with van der Waals surface area (Å²) in [5, 5.41) is 25.5. The van der Waals surface area contributed by atoms with Gasteiger partial charge in [0.25, 0.3) is 11.8 Å². The van der Waals surface area contributed by atoms with Gasteiger partial charge in [-0.3, -0.25) is 14.4 Å². The summed E-state index contributed by atoms with van der Waals surface area (Å²) in [6, 6.07) is 34.8. The van der Waals surface area contributed by atoms with E-state index in [1.807, 2.05) is 24.3 Å². The minimum absolute atomic E-state index is 0.00506. The van der Waals surface area contributed by atoms with Crippen molar-refractivity contribution in [2.75, 3.05) is 5.32 Å². The van der Waals surface area contributed by atoms with E-state index in [2.05, 4.69) is 21.7 Å². The van der Waals surface area contributed by atoms with Crippen LogP contribution in [0.25, 0.3) is 11.1 Å². The zero-order chi connectivity index (χ0) is 42.6. The number of nitriles is 1. The van der Waals surface area contributed by atoms with E-state index in [0.29, 0.717) is 55.6 Å². The maximum atomic E-state index is 14.1. The molecule has 0 fully saturated rings. The first kappa shape index (κ1) is 40.6. The molecule has 5 aromatic carbocycles. The number of hydrogen-bond donors (Lipinski definition) is 3. The van der Waals surface area contributed by atoms with Crippen molar-refractivity contribution in [2.24, 2.45) is 0 Å². The van der Waals surface area contributed by atoms with Crippen LogP contribution in [-0.4, -0.2) is 50.8 Å². The Hall–Kier alpha value is -7.20. The van der Waals surface area contributed by atoms with E-state index in [1.54, 1.807) is 103 Å². The summed E-state index contributed by atoms with van der Waals surface area (Å²) in [7, 11) is 0. The highest BCUT2D eigenvalue weighted by atomic mass is 35.5. The Balaban J connectivity index is 0.991. The van der Waals surface area contributed by atoms with Crippen LogP contribution in [-0.2, 0) is 40.4 Å². The lowest BCUT2D eigenvalue weighted by Crippen LogP contribution is -2.56. The third-order valence-corrected chi connectivity index (χ3v) is 11.2. The molecule has 0 radical (unpaired) electrons. The Kier molecular flexibility index (Phi) is 11.7. The van der Waals surface area contributed by atoms with Crippen LogP contribution in [0.3, 0.4) is 0 Å². The molecule has 12 nitrogen and oxygen atoms in total. The van der Waals surface area contributed by atoms with E-state index in [9.17, 15) is 24.3 Å². The van der Waals surface area contributed by atoms with Crippen molar-refractivity contribution in [1.29, 1.82) is 5.26 Å². The molecule has 3 N–H and O–H groups in total. The number of aliphatic carboxylic acids is 1. The van der Waals surface area contributed by atoms with Crippen LogP contribution >= 0.6 is 23.2 Å². The zero-order valence-electron chi connectivity index (χ0n) is 32.2. The van der Waals surface area contributed by atoms with Crippen LogP contribution in [0.4, 0.5) is 5.69 Å². The number of carbonyl (C=O) groups is 4. The Morgan fingerprint density at radius 2 is 1.62 bits per heavy atom. The number of benzene rings is 5. The van der Waals surface area contributed by atoms with Crippen molar-refractivity contribution in [3.8, 4) is 28.7 Å². The first-order valence-corrected chi connectivity index (χ1v) is 19.9. The molecule has 0 saturated carbocycles. The molecule has 14 heteroatoms. The third kappa shape index (κ3) is 9.04. The number of aromatic nitrogens is 1. The first-order chi connectivity index (χ1) is 29.5. The SMILES string of the molecule is N#Cc1ccc(-c2ccc(C[C@H](NC(=O)[C@@H]3Cc4cc5c(cc4CN3C(=O)c3ccccc3)OC(c3ccc(OCc4cnc(Cl)c(Cl)c4)cc3)C(=O)N5)C(=O)O)cc2)cc1. The average molecular weight is 853 g/mol. The number of amides is 3. The summed E-state index contributed by atoms with van der Waals surface area (Å²) in [6.45, 7) is 0.219. The third-order valence-electron chi connectivity index (χ3n) is 10.6. The number of ether oxygens (including phenoxy) is 2. The highest BCUT2D eigenvalue weighted by Crippen LogP contribution is 2.40. The topological polar surface area (TPSA) is 171 Å². The number of halogens is 2. The van der Waals surface area contributed by atoms with E-state index in [4.69, 9.17) is 37.9 Å². The van der Waals surface area contributed by atoms with Gasteiger partial charge in [-0.05, 0) is 82.4 Å². The molecule has 6 aromatic rings. The molecule has 0 saturated heterocycles. The molecule has 3 amide bonds. The van der Waals surface area contributed by atoms with E-state index >= 15 is 0 Å². The molecular formula is C47H35Cl2N5O7. The summed E-state index contributed by atoms with van der Waals surface area (Å²) in [6.07, 6.45) is 0.638. The van der Waals surface area contributed by atoms with Crippen molar-refractivity contribution >= 4 is 52.6 Å². The highest BCUT2D eigenvalue weighted by molar-refractivity contribution is 6.41. The fourth-order valence-corrected chi connectivity index (χ4v) is 7.62. The molecule has 3 atom stereocenters. The number of carboxylic acid groups (broad SMARTS) is 1. The Morgan fingerprint density at radius 3 is 2.30 bits per heavy atom. The zero-order valence-corrected chi connectivity index (χ0v) is 33.7. The van der Waals surface area contributed by atoms with Crippen LogP contribution in [0.2, 0.25) is 10.2 Å². The van der Waals surface area contributed by atoms with Crippen molar-refractivity contribution in [3.05, 3.63) is 177 Å². The molecular weight excluding hydrogens is 817 g/mol. The Bertz CT molecular complexity index is 2690. The lowest BCUT2D eigenvalue weighted by atomic mass is 9.91.